The Labute approximate surface area is 136 Å². The second-order valence-corrected chi connectivity index (χ2v) is 5.64. The van der Waals surface area contributed by atoms with E-state index in [-0.39, 0.29) is 5.91 Å². The molecule has 3 aromatic rings. The molecule has 114 valence electrons. The van der Waals surface area contributed by atoms with Crippen LogP contribution in [0.5, 0.6) is 0 Å². The molecule has 1 N–H and O–H groups in total. The normalized spacial score (nSPS) is 10.3. The van der Waals surface area contributed by atoms with Crippen LogP contribution in [-0.2, 0) is 6.42 Å². The summed E-state index contributed by atoms with van der Waals surface area (Å²) in [6.45, 7) is 2.01. The van der Waals surface area contributed by atoms with Crippen molar-refractivity contribution in [3.63, 3.8) is 0 Å². The van der Waals surface area contributed by atoms with Gasteiger partial charge < -0.3 is 5.32 Å². The van der Waals surface area contributed by atoms with Gasteiger partial charge in [0.15, 0.2) is 0 Å². The number of carbonyl (C=O) groups is 1. The van der Waals surface area contributed by atoms with E-state index >= 15 is 0 Å². The fourth-order valence-electron chi connectivity index (χ4n) is 2.63. The maximum absolute atomic E-state index is 12.6. The Hall–Kier alpha value is -2.87. The largest absolute Gasteiger partial charge is 0.322 e. The van der Waals surface area contributed by atoms with E-state index in [1.807, 2.05) is 73.7 Å². The van der Waals surface area contributed by atoms with Gasteiger partial charge in [0.1, 0.15) is 0 Å². The predicted octanol–water partition coefficient (Wildman–Crippen LogP) is 4.84. The van der Waals surface area contributed by atoms with Gasteiger partial charge in [0.2, 0.25) is 0 Å². The first kappa shape index (κ1) is 15.0. The molecule has 0 aliphatic heterocycles. The Morgan fingerprint density at radius 2 is 1.61 bits per heavy atom. The second-order valence-electron chi connectivity index (χ2n) is 5.64. The van der Waals surface area contributed by atoms with Gasteiger partial charge in [-0.3, -0.25) is 4.79 Å². The summed E-state index contributed by atoms with van der Waals surface area (Å²) in [5, 5.41) is 2.99. The highest BCUT2D eigenvalue weighted by Gasteiger charge is 2.11. The zero-order valence-electron chi connectivity index (χ0n) is 13.1. The van der Waals surface area contributed by atoms with Crippen LogP contribution in [0.2, 0.25) is 0 Å². The Bertz CT molecular complexity index is 809. The van der Waals surface area contributed by atoms with Gasteiger partial charge in [-0.25, -0.2) is 0 Å². The quantitative estimate of drug-likeness (QED) is 0.734. The molecule has 0 unspecified atom stereocenters. The molecule has 0 aliphatic rings. The van der Waals surface area contributed by atoms with Crippen molar-refractivity contribution in [2.45, 2.75) is 13.3 Å². The van der Waals surface area contributed by atoms with Crippen molar-refractivity contribution in [2.75, 3.05) is 5.32 Å². The zero-order valence-corrected chi connectivity index (χ0v) is 13.1. The number of hydrogen-bond acceptors (Lipinski definition) is 1. The summed E-state index contributed by atoms with van der Waals surface area (Å²) < 4.78 is 0. The van der Waals surface area contributed by atoms with Crippen molar-refractivity contribution >= 4 is 11.6 Å². The van der Waals surface area contributed by atoms with Crippen LogP contribution in [0.15, 0.2) is 78.9 Å². The lowest BCUT2D eigenvalue weighted by atomic mass is 9.99. The van der Waals surface area contributed by atoms with Gasteiger partial charge in [-0.15, -0.1) is 0 Å². The van der Waals surface area contributed by atoms with E-state index in [0.29, 0.717) is 0 Å². The number of benzene rings is 3. The summed E-state index contributed by atoms with van der Waals surface area (Å²) in [6.07, 6.45) is 0.748. The van der Waals surface area contributed by atoms with E-state index in [2.05, 4.69) is 17.4 Å². The minimum Gasteiger partial charge on any atom is -0.322 e. The van der Waals surface area contributed by atoms with Crippen molar-refractivity contribution in [3.8, 4) is 0 Å². The van der Waals surface area contributed by atoms with Crippen LogP contribution >= 0.6 is 0 Å². The molecule has 0 spiro atoms. The minimum absolute atomic E-state index is 0.0675. The Balaban J connectivity index is 1.83. The third-order valence-electron chi connectivity index (χ3n) is 3.78. The number of anilines is 1. The summed E-state index contributed by atoms with van der Waals surface area (Å²) in [4.78, 5) is 12.6. The Kier molecular flexibility index (Phi) is 4.53. The number of aryl methyl sites for hydroxylation is 1. The number of carbonyl (C=O) groups excluding carboxylic acids is 1. The third kappa shape index (κ3) is 3.86. The van der Waals surface area contributed by atoms with Crippen LogP contribution in [0.4, 0.5) is 5.69 Å². The molecular weight excluding hydrogens is 282 g/mol. The molecule has 2 nitrogen and oxygen atoms in total. The van der Waals surface area contributed by atoms with Crippen molar-refractivity contribution in [1.29, 1.82) is 0 Å². The first-order chi connectivity index (χ1) is 11.2. The fourth-order valence-corrected chi connectivity index (χ4v) is 2.63. The second kappa shape index (κ2) is 6.93. The molecule has 0 radical (unpaired) electrons. The highest BCUT2D eigenvalue weighted by Crippen LogP contribution is 2.17. The van der Waals surface area contributed by atoms with Crippen molar-refractivity contribution in [2.24, 2.45) is 0 Å². The maximum atomic E-state index is 12.6. The minimum atomic E-state index is -0.0675. The SMILES string of the molecule is Cc1cccc(NC(=O)c2ccccc2Cc2ccccc2)c1. The number of rotatable bonds is 4. The van der Waals surface area contributed by atoms with E-state index in [1.165, 1.54) is 5.56 Å². The first-order valence-electron chi connectivity index (χ1n) is 7.72. The summed E-state index contributed by atoms with van der Waals surface area (Å²) in [6, 6.07) is 25.8. The van der Waals surface area contributed by atoms with Gasteiger partial charge in [0.25, 0.3) is 5.91 Å². The standard InChI is InChI=1S/C21H19NO/c1-16-8-7-12-19(14-16)22-21(23)20-13-6-5-11-18(20)15-17-9-3-2-4-10-17/h2-14H,15H2,1H3,(H,22,23). The number of nitrogens with one attached hydrogen (secondary N) is 1. The summed E-state index contributed by atoms with van der Waals surface area (Å²) in [7, 11) is 0. The van der Waals surface area contributed by atoms with E-state index in [0.717, 1.165) is 28.8 Å². The summed E-state index contributed by atoms with van der Waals surface area (Å²) >= 11 is 0. The van der Waals surface area contributed by atoms with Crippen LogP contribution in [0.1, 0.15) is 27.0 Å². The third-order valence-corrected chi connectivity index (χ3v) is 3.78. The maximum Gasteiger partial charge on any atom is 0.255 e. The van der Waals surface area contributed by atoms with E-state index in [9.17, 15) is 4.79 Å². The molecule has 3 aromatic carbocycles. The lowest BCUT2D eigenvalue weighted by molar-refractivity contribution is 0.102. The molecule has 3 rings (SSSR count). The van der Waals surface area contributed by atoms with Crippen LogP contribution in [0.25, 0.3) is 0 Å². The summed E-state index contributed by atoms with van der Waals surface area (Å²) in [5.74, 6) is -0.0675. The molecule has 0 aromatic heterocycles. The average molecular weight is 301 g/mol. The lowest BCUT2D eigenvalue weighted by Gasteiger charge is -2.11. The monoisotopic (exact) mass is 301 g/mol. The topological polar surface area (TPSA) is 29.1 Å². The Morgan fingerprint density at radius 3 is 2.39 bits per heavy atom. The molecule has 0 saturated heterocycles. The van der Waals surface area contributed by atoms with Gasteiger partial charge in [-0.05, 0) is 48.2 Å². The number of amides is 1. The van der Waals surface area contributed by atoms with E-state index in [4.69, 9.17) is 0 Å². The van der Waals surface area contributed by atoms with E-state index < -0.39 is 0 Å². The van der Waals surface area contributed by atoms with Crippen molar-refractivity contribution in [1.82, 2.24) is 0 Å². The predicted molar refractivity (Wildman–Crippen MR) is 94.8 cm³/mol. The molecule has 0 fully saturated rings. The highest BCUT2D eigenvalue weighted by atomic mass is 16.1. The van der Waals surface area contributed by atoms with Crippen molar-refractivity contribution in [3.05, 3.63) is 101 Å². The van der Waals surface area contributed by atoms with Gasteiger partial charge in [0, 0.05) is 11.3 Å². The highest BCUT2D eigenvalue weighted by molar-refractivity contribution is 6.05. The lowest BCUT2D eigenvalue weighted by Crippen LogP contribution is -2.14. The first-order valence-corrected chi connectivity index (χ1v) is 7.72. The fraction of sp³-hybridized carbons (Fsp3) is 0.0952. The molecule has 23 heavy (non-hydrogen) atoms. The number of hydrogen-bond donors (Lipinski definition) is 1. The molecule has 0 bridgehead atoms. The molecule has 0 saturated carbocycles. The van der Waals surface area contributed by atoms with Crippen LogP contribution in [-0.4, -0.2) is 5.91 Å². The molecule has 2 heteroatoms. The van der Waals surface area contributed by atoms with Crippen LogP contribution in [0, 0.1) is 6.92 Å². The average Bonchev–Trinajstić information content (AvgIpc) is 2.56. The molecule has 0 aliphatic carbocycles. The van der Waals surface area contributed by atoms with E-state index in [1.54, 1.807) is 0 Å². The molecular formula is C21H19NO. The Morgan fingerprint density at radius 1 is 0.870 bits per heavy atom. The zero-order chi connectivity index (χ0) is 16.1. The van der Waals surface area contributed by atoms with Gasteiger partial charge in [-0.1, -0.05) is 60.7 Å². The molecule has 0 atom stereocenters. The summed E-state index contributed by atoms with van der Waals surface area (Å²) in [5.41, 5.74) is 4.90. The molecule has 0 heterocycles. The van der Waals surface area contributed by atoms with Crippen LogP contribution < -0.4 is 5.32 Å². The van der Waals surface area contributed by atoms with Gasteiger partial charge in [-0.2, -0.15) is 0 Å². The smallest absolute Gasteiger partial charge is 0.255 e. The van der Waals surface area contributed by atoms with Crippen LogP contribution in [0.3, 0.4) is 0 Å². The van der Waals surface area contributed by atoms with Crippen molar-refractivity contribution < 1.29 is 4.79 Å². The molecule has 1 amide bonds. The van der Waals surface area contributed by atoms with Gasteiger partial charge >= 0.3 is 0 Å². The van der Waals surface area contributed by atoms with Gasteiger partial charge in [0.05, 0.1) is 0 Å².